The van der Waals surface area contributed by atoms with Crippen LogP contribution >= 0.6 is 0 Å². The zero-order valence-corrected chi connectivity index (χ0v) is 14.2. The molecule has 6 heteroatoms. The van der Waals surface area contributed by atoms with Gasteiger partial charge in [-0.15, -0.1) is 0 Å². The molecule has 1 amide bonds. The Bertz CT molecular complexity index is 864. The highest BCUT2D eigenvalue weighted by molar-refractivity contribution is 6.01. The van der Waals surface area contributed by atoms with Crippen LogP contribution in [-0.2, 0) is 11.3 Å². The molecule has 0 saturated heterocycles. The van der Waals surface area contributed by atoms with E-state index in [1.165, 1.54) is 0 Å². The molecular weight excluding hydrogens is 304 g/mol. The number of carbonyl (C=O) groups is 1. The summed E-state index contributed by atoms with van der Waals surface area (Å²) in [6, 6.07) is 8.04. The van der Waals surface area contributed by atoms with Crippen LogP contribution in [0.4, 0.5) is 4.79 Å². The molecule has 1 aromatic carbocycles. The highest BCUT2D eigenvalue weighted by Crippen LogP contribution is 2.22. The minimum atomic E-state index is -0.476. The van der Waals surface area contributed by atoms with Crippen molar-refractivity contribution in [3.63, 3.8) is 0 Å². The highest BCUT2D eigenvalue weighted by Gasteiger charge is 2.15. The minimum absolute atomic E-state index is 0.382. The summed E-state index contributed by atoms with van der Waals surface area (Å²) in [5, 5.41) is 3.87. The molecule has 0 aliphatic carbocycles. The van der Waals surface area contributed by atoms with Gasteiger partial charge in [0.1, 0.15) is 11.1 Å². The van der Waals surface area contributed by atoms with E-state index >= 15 is 0 Å². The molecule has 6 nitrogen and oxygen atoms in total. The predicted molar refractivity (Wildman–Crippen MR) is 93.9 cm³/mol. The summed E-state index contributed by atoms with van der Waals surface area (Å²) in [5.74, 6) is 0. The van der Waals surface area contributed by atoms with Gasteiger partial charge in [-0.25, -0.2) is 9.78 Å². The van der Waals surface area contributed by atoms with Gasteiger partial charge in [0.05, 0.1) is 23.6 Å². The maximum Gasteiger partial charge on any atom is 0.407 e. The van der Waals surface area contributed by atoms with E-state index in [9.17, 15) is 4.79 Å². The minimum Gasteiger partial charge on any atom is -0.444 e. The van der Waals surface area contributed by atoms with Crippen molar-refractivity contribution in [2.45, 2.75) is 39.3 Å². The summed E-state index contributed by atoms with van der Waals surface area (Å²) in [6.45, 7) is 6.87. The molecule has 3 rings (SSSR count). The number of carbonyl (C=O) groups excluding carboxylic acids is 1. The van der Waals surface area contributed by atoms with Gasteiger partial charge in [0, 0.05) is 18.5 Å². The number of amides is 1. The Kier molecular flexibility index (Phi) is 4.38. The third kappa shape index (κ3) is 3.64. The van der Waals surface area contributed by atoms with Crippen LogP contribution in [0.15, 0.2) is 36.8 Å². The third-order valence-corrected chi connectivity index (χ3v) is 3.60. The summed E-state index contributed by atoms with van der Waals surface area (Å²) in [5.41, 5.74) is 2.45. The van der Waals surface area contributed by atoms with Gasteiger partial charge in [-0.1, -0.05) is 18.2 Å². The molecule has 1 N–H and O–H groups in total. The molecule has 2 aromatic heterocycles. The van der Waals surface area contributed by atoms with Crippen LogP contribution in [0, 0.1) is 0 Å². The maximum absolute atomic E-state index is 11.6. The topological polar surface area (TPSA) is 69.0 Å². The summed E-state index contributed by atoms with van der Waals surface area (Å²) in [6.07, 6.45) is 4.04. The largest absolute Gasteiger partial charge is 0.444 e. The predicted octanol–water partition coefficient (Wildman–Crippen LogP) is 3.50. The van der Waals surface area contributed by atoms with E-state index in [2.05, 4.69) is 25.9 Å². The van der Waals surface area contributed by atoms with E-state index in [0.717, 1.165) is 34.9 Å². The van der Waals surface area contributed by atoms with Gasteiger partial charge in [0.15, 0.2) is 0 Å². The number of benzene rings is 1. The van der Waals surface area contributed by atoms with Crippen LogP contribution in [-0.4, -0.2) is 32.8 Å². The number of aryl methyl sites for hydroxylation is 1. The second kappa shape index (κ2) is 6.47. The Morgan fingerprint density at radius 1 is 1.21 bits per heavy atom. The van der Waals surface area contributed by atoms with Crippen molar-refractivity contribution in [1.29, 1.82) is 0 Å². The Morgan fingerprint density at radius 2 is 2.00 bits per heavy atom. The summed E-state index contributed by atoms with van der Waals surface area (Å²) >= 11 is 0. The quantitative estimate of drug-likeness (QED) is 0.745. The molecule has 3 aromatic rings. The van der Waals surface area contributed by atoms with Gasteiger partial charge >= 0.3 is 6.09 Å². The normalized spacial score (nSPS) is 11.8. The van der Waals surface area contributed by atoms with Gasteiger partial charge in [0.25, 0.3) is 0 Å². The van der Waals surface area contributed by atoms with Crippen molar-refractivity contribution < 1.29 is 9.53 Å². The summed E-state index contributed by atoms with van der Waals surface area (Å²) < 4.78 is 7.33. The maximum atomic E-state index is 11.6. The van der Waals surface area contributed by atoms with Gasteiger partial charge < -0.3 is 14.6 Å². The summed E-state index contributed by atoms with van der Waals surface area (Å²) in [4.78, 5) is 20.5. The number of fused-ring (bicyclic) bond motifs is 3. The number of pyridine rings is 1. The van der Waals surface area contributed by atoms with Crippen molar-refractivity contribution in [3.05, 3.63) is 36.8 Å². The highest BCUT2D eigenvalue weighted by atomic mass is 16.6. The number of hydrogen-bond donors (Lipinski definition) is 1. The van der Waals surface area contributed by atoms with Crippen LogP contribution in [0.25, 0.3) is 21.9 Å². The number of nitrogens with one attached hydrogen (secondary N) is 1. The standard InChI is InChI=1S/C18H22N4O2/c1-18(2,3)24-17(23)19-9-6-10-22-12-21-15-11-20-14-8-5-4-7-13(14)16(15)22/h4-5,7-8,11-12H,6,9-10H2,1-3H3,(H,19,23). The Balaban J connectivity index is 1.66. The number of ether oxygens (including phenoxy) is 1. The molecule has 0 atom stereocenters. The lowest BCUT2D eigenvalue weighted by Crippen LogP contribution is -2.33. The van der Waals surface area contributed by atoms with E-state index in [1.54, 1.807) is 6.20 Å². The third-order valence-electron chi connectivity index (χ3n) is 3.60. The molecule has 0 unspecified atom stereocenters. The van der Waals surface area contributed by atoms with E-state index in [-0.39, 0.29) is 6.09 Å². The number of imidazole rings is 1. The number of alkyl carbamates (subject to hydrolysis) is 1. The van der Waals surface area contributed by atoms with Crippen molar-refractivity contribution in [1.82, 2.24) is 19.9 Å². The van der Waals surface area contributed by atoms with Crippen LogP contribution in [0.2, 0.25) is 0 Å². The fourth-order valence-electron chi connectivity index (χ4n) is 2.63. The second-order valence-corrected chi connectivity index (χ2v) is 6.73. The molecule has 0 fully saturated rings. The molecule has 0 saturated carbocycles. The first kappa shape index (κ1) is 16.2. The van der Waals surface area contributed by atoms with Crippen LogP contribution in [0.1, 0.15) is 27.2 Å². The molecule has 24 heavy (non-hydrogen) atoms. The van der Waals surface area contributed by atoms with Crippen molar-refractivity contribution in [2.24, 2.45) is 0 Å². The smallest absolute Gasteiger partial charge is 0.407 e. The Hall–Kier alpha value is -2.63. The van der Waals surface area contributed by atoms with Gasteiger partial charge in [-0.2, -0.15) is 0 Å². The zero-order chi connectivity index (χ0) is 17.2. The second-order valence-electron chi connectivity index (χ2n) is 6.73. The Labute approximate surface area is 140 Å². The van der Waals surface area contributed by atoms with E-state index in [0.29, 0.717) is 6.54 Å². The SMILES string of the molecule is CC(C)(C)OC(=O)NCCCn1cnc2cnc3ccccc3c21. The first-order chi connectivity index (χ1) is 11.4. The van der Waals surface area contributed by atoms with Crippen molar-refractivity contribution in [3.8, 4) is 0 Å². The van der Waals surface area contributed by atoms with E-state index in [1.807, 2.05) is 45.3 Å². The average molecular weight is 326 g/mol. The molecular formula is C18H22N4O2. The number of rotatable bonds is 4. The molecule has 0 radical (unpaired) electrons. The van der Waals surface area contributed by atoms with Gasteiger partial charge in [-0.05, 0) is 33.3 Å². The number of nitrogens with zero attached hydrogens (tertiary/aromatic N) is 3. The first-order valence-electron chi connectivity index (χ1n) is 8.09. The van der Waals surface area contributed by atoms with Crippen LogP contribution in [0.5, 0.6) is 0 Å². The number of aromatic nitrogens is 3. The van der Waals surface area contributed by atoms with Crippen LogP contribution in [0.3, 0.4) is 0 Å². The van der Waals surface area contributed by atoms with E-state index in [4.69, 9.17) is 4.74 Å². The van der Waals surface area contributed by atoms with Crippen molar-refractivity contribution in [2.75, 3.05) is 6.54 Å². The lowest BCUT2D eigenvalue weighted by molar-refractivity contribution is 0.0527. The fourth-order valence-corrected chi connectivity index (χ4v) is 2.63. The summed E-state index contributed by atoms with van der Waals surface area (Å²) in [7, 11) is 0. The Morgan fingerprint density at radius 3 is 2.79 bits per heavy atom. The zero-order valence-electron chi connectivity index (χ0n) is 14.2. The van der Waals surface area contributed by atoms with Crippen molar-refractivity contribution >= 4 is 28.0 Å². The van der Waals surface area contributed by atoms with Crippen LogP contribution < -0.4 is 5.32 Å². The van der Waals surface area contributed by atoms with Gasteiger partial charge in [0.2, 0.25) is 0 Å². The lowest BCUT2D eigenvalue weighted by Gasteiger charge is -2.19. The molecule has 0 aliphatic heterocycles. The van der Waals surface area contributed by atoms with E-state index < -0.39 is 5.60 Å². The molecule has 0 spiro atoms. The number of hydrogen-bond acceptors (Lipinski definition) is 4. The fraction of sp³-hybridized carbons (Fsp3) is 0.389. The first-order valence-corrected chi connectivity index (χ1v) is 8.09. The lowest BCUT2D eigenvalue weighted by atomic mass is 10.2. The molecule has 0 bridgehead atoms. The number of para-hydroxylation sites is 1. The van der Waals surface area contributed by atoms with Gasteiger partial charge in [-0.3, -0.25) is 4.98 Å². The molecule has 0 aliphatic rings. The molecule has 2 heterocycles. The average Bonchev–Trinajstić information content (AvgIpc) is 2.93. The molecule has 126 valence electrons. The monoisotopic (exact) mass is 326 g/mol.